The molecule has 7 nitrogen and oxygen atoms in total. The first-order valence-electron chi connectivity index (χ1n) is 11.4. The fourth-order valence-corrected chi connectivity index (χ4v) is 5.37. The zero-order valence-corrected chi connectivity index (χ0v) is 18.9. The Morgan fingerprint density at radius 3 is 2.52 bits per heavy atom. The summed E-state index contributed by atoms with van der Waals surface area (Å²) in [5.41, 5.74) is 1.59. The minimum Gasteiger partial charge on any atom is -0.467 e. The summed E-state index contributed by atoms with van der Waals surface area (Å²) in [5.74, 6) is -0.314. The second kappa shape index (κ2) is 9.14. The number of benzene rings is 1. The third kappa shape index (κ3) is 4.47. The molecule has 4 atom stereocenters. The van der Waals surface area contributed by atoms with Crippen LogP contribution in [-0.2, 0) is 19.1 Å². The molecule has 5 rings (SSSR count). The zero-order chi connectivity index (χ0) is 22.9. The molecule has 2 bridgehead atoms. The van der Waals surface area contributed by atoms with Gasteiger partial charge < -0.3 is 9.15 Å². The summed E-state index contributed by atoms with van der Waals surface area (Å²) in [7, 11) is 0. The summed E-state index contributed by atoms with van der Waals surface area (Å²) in [6.07, 6.45) is 5.82. The second-order valence-corrected chi connectivity index (χ2v) is 9.47. The maximum Gasteiger partial charge on any atom is 0.309 e. The molecule has 3 aliphatic rings. The van der Waals surface area contributed by atoms with Crippen molar-refractivity contribution in [1.82, 2.24) is 5.01 Å². The molecule has 2 fully saturated rings. The Balaban J connectivity index is 1.27. The summed E-state index contributed by atoms with van der Waals surface area (Å²) in [6.45, 7) is -0.396. The molecule has 2 saturated carbocycles. The molecule has 0 spiro atoms. The molecule has 1 aromatic heterocycles. The van der Waals surface area contributed by atoms with Crippen LogP contribution in [0.1, 0.15) is 55.9 Å². The van der Waals surface area contributed by atoms with E-state index in [1.165, 1.54) is 5.01 Å². The molecule has 0 saturated heterocycles. The van der Waals surface area contributed by atoms with Gasteiger partial charge in [-0.05, 0) is 55.5 Å². The van der Waals surface area contributed by atoms with Gasteiger partial charge in [-0.2, -0.15) is 5.10 Å². The van der Waals surface area contributed by atoms with Crippen LogP contribution in [0.15, 0.2) is 52.2 Å². The van der Waals surface area contributed by atoms with Crippen molar-refractivity contribution in [2.75, 3.05) is 6.61 Å². The summed E-state index contributed by atoms with van der Waals surface area (Å²) in [6, 6.07) is 10.4. The summed E-state index contributed by atoms with van der Waals surface area (Å²) >= 11 is 5.99. The van der Waals surface area contributed by atoms with Crippen molar-refractivity contribution in [2.45, 2.75) is 44.6 Å². The van der Waals surface area contributed by atoms with Gasteiger partial charge >= 0.3 is 5.97 Å². The molecule has 1 amide bonds. The average Bonchev–Trinajstić information content (AvgIpc) is 3.47. The van der Waals surface area contributed by atoms with E-state index >= 15 is 0 Å². The highest BCUT2D eigenvalue weighted by molar-refractivity contribution is 6.30. The number of amides is 1. The van der Waals surface area contributed by atoms with E-state index in [2.05, 4.69) is 5.10 Å². The van der Waals surface area contributed by atoms with E-state index in [9.17, 15) is 14.4 Å². The van der Waals surface area contributed by atoms with Crippen LogP contribution in [0.5, 0.6) is 0 Å². The lowest BCUT2D eigenvalue weighted by molar-refractivity contribution is -0.159. The van der Waals surface area contributed by atoms with E-state index in [0.717, 1.165) is 30.5 Å². The first-order chi connectivity index (χ1) is 16.0. The number of nitrogens with zero attached hydrogens (tertiary/aromatic N) is 2. The van der Waals surface area contributed by atoms with Crippen LogP contribution in [0, 0.1) is 17.8 Å². The minimum absolute atomic E-state index is 0.0424. The number of ketones is 1. The molecule has 2 aliphatic carbocycles. The molecular formula is C25H25ClN2O5. The van der Waals surface area contributed by atoms with E-state index < -0.39 is 24.5 Å². The topological polar surface area (TPSA) is 89.2 Å². The number of hydrogen-bond acceptors (Lipinski definition) is 6. The fraction of sp³-hybridized carbons (Fsp3) is 0.440. The van der Waals surface area contributed by atoms with Crippen LogP contribution in [-0.4, -0.2) is 35.0 Å². The number of carbonyl (C=O) groups excluding carboxylic acids is 3. The van der Waals surface area contributed by atoms with E-state index in [4.69, 9.17) is 20.8 Å². The lowest BCUT2D eigenvalue weighted by Gasteiger charge is -2.36. The maximum absolute atomic E-state index is 13.0. The number of fused-ring (bicyclic) bond motifs is 2. The smallest absolute Gasteiger partial charge is 0.309 e. The molecule has 0 N–H and O–H groups in total. The Morgan fingerprint density at radius 1 is 1.12 bits per heavy atom. The van der Waals surface area contributed by atoms with E-state index in [0.29, 0.717) is 35.8 Å². The van der Waals surface area contributed by atoms with E-state index in [1.54, 1.807) is 30.5 Å². The fourth-order valence-electron chi connectivity index (χ4n) is 5.25. The van der Waals surface area contributed by atoms with Crippen molar-refractivity contribution in [1.29, 1.82) is 0 Å². The van der Waals surface area contributed by atoms with Gasteiger partial charge in [0.15, 0.2) is 6.61 Å². The third-order valence-electron chi connectivity index (χ3n) is 6.93. The lowest BCUT2D eigenvalue weighted by Crippen LogP contribution is -2.40. The second-order valence-electron chi connectivity index (χ2n) is 9.03. The van der Waals surface area contributed by atoms with Gasteiger partial charge in [0, 0.05) is 23.3 Å². The van der Waals surface area contributed by atoms with E-state index in [-0.39, 0.29) is 17.8 Å². The number of hydrogen-bond donors (Lipinski definition) is 0. The average molecular weight is 469 g/mol. The number of hydrazone groups is 1. The Kier molecular flexibility index (Phi) is 6.06. The highest BCUT2D eigenvalue weighted by Gasteiger charge is 2.42. The highest BCUT2D eigenvalue weighted by Crippen LogP contribution is 2.40. The predicted octanol–water partition coefficient (Wildman–Crippen LogP) is 4.55. The molecular weight excluding hydrogens is 444 g/mol. The molecule has 1 aliphatic heterocycles. The Bertz CT molecular complexity index is 1060. The van der Waals surface area contributed by atoms with Crippen molar-refractivity contribution in [3.63, 3.8) is 0 Å². The highest BCUT2D eigenvalue weighted by atomic mass is 35.5. The van der Waals surface area contributed by atoms with Crippen molar-refractivity contribution in [2.24, 2.45) is 22.9 Å². The number of ether oxygens (including phenoxy) is 1. The molecule has 1 aromatic carbocycles. The molecule has 0 radical (unpaired) electrons. The van der Waals surface area contributed by atoms with Gasteiger partial charge in [0.25, 0.3) is 5.91 Å². The molecule has 172 valence electrons. The number of furan rings is 1. The SMILES string of the molecule is O=C(OCC(=O)N1N=C(c2ccc(Cl)cc2)C[C@H]1c1ccco1)C1C[C@H]2CCC[C@@H](C1)C2=O. The van der Waals surface area contributed by atoms with Crippen LogP contribution in [0.2, 0.25) is 5.02 Å². The van der Waals surface area contributed by atoms with Crippen LogP contribution in [0.4, 0.5) is 0 Å². The van der Waals surface area contributed by atoms with Gasteiger partial charge in [0.1, 0.15) is 17.6 Å². The quantitative estimate of drug-likeness (QED) is 0.600. The molecule has 2 aromatic rings. The monoisotopic (exact) mass is 468 g/mol. The first-order valence-corrected chi connectivity index (χ1v) is 11.8. The zero-order valence-electron chi connectivity index (χ0n) is 18.1. The Morgan fingerprint density at radius 2 is 1.85 bits per heavy atom. The molecule has 33 heavy (non-hydrogen) atoms. The first kappa shape index (κ1) is 21.9. The van der Waals surface area contributed by atoms with Gasteiger partial charge in [0.05, 0.1) is 17.9 Å². The van der Waals surface area contributed by atoms with Crippen molar-refractivity contribution < 1.29 is 23.5 Å². The van der Waals surface area contributed by atoms with Gasteiger partial charge in [-0.15, -0.1) is 0 Å². The Hall–Kier alpha value is -2.93. The molecule has 2 heterocycles. The van der Waals surface area contributed by atoms with Crippen molar-refractivity contribution in [3.05, 3.63) is 59.0 Å². The van der Waals surface area contributed by atoms with Gasteiger partial charge in [-0.25, -0.2) is 5.01 Å². The van der Waals surface area contributed by atoms with Crippen molar-refractivity contribution in [3.8, 4) is 0 Å². The van der Waals surface area contributed by atoms with Crippen LogP contribution in [0.25, 0.3) is 0 Å². The van der Waals surface area contributed by atoms with Crippen LogP contribution < -0.4 is 0 Å². The summed E-state index contributed by atoms with van der Waals surface area (Å²) in [4.78, 5) is 38.0. The van der Waals surface area contributed by atoms with Gasteiger partial charge in [0.2, 0.25) is 0 Å². The standard InChI is InChI=1S/C25H25ClN2O5/c26-19-8-6-15(7-9-19)20-13-21(22-5-2-10-32-22)28(27-20)23(29)14-33-25(31)18-11-16-3-1-4-17(12-18)24(16)30/h2,5-10,16-18,21H,1,3-4,11-14H2/t16-,17+,18?,21-/m0/s1. The summed E-state index contributed by atoms with van der Waals surface area (Å²) in [5, 5.41) is 6.49. The number of halogens is 1. The normalized spacial score (nSPS) is 26.8. The predicted molar refractivity (Wildman–Crippen MR) is 120 cm³/mol. The van der Waals surface area contributed by atoms with Crippen molar-refractivity contribution >= 4 is 35.0 Å². The van der Waals surface area contributed by atoms with Crippen LogP contribution in [0.3, 0.4) is 0 Å². The van der Waals surface area contributed by atoms with E-state index in [1.807, 2.05) is 12.1 Å². The number of Topliss-reactive ketones (excluding diaryl/α,β-unsaturated/α-hetero) is 1. The lowest BCUT2D eigenvalue weighted by atomic mass is 9.67. The molecule has 1 unspecified atom stereocenters. The van der Waals surface area contributed by atoms with Gasteiger partial charge in [-0.1, -0.05) is 30.2 Å². The van der Waals surface area contributed by atoms with Gasteiger partial charge in [-0.3, -0.25) is 14.4 Å². The number of carbonyl (C=O) groups is 3. The molecule has 8 heteroatoms. The third-order valence-corrected chi connectivity index (χ3v) is 7.19. The summed E-state index contributed by atoms with van der Waals surface area (Å²) < 4.78 is 11.0. The minimum atomic E-state index is -0.416. The Labute approximate surface area is 196 Å². The van der Waals surface area contributed by atoms with Crippen LogP contribution >= 0.6 is 11.6 Å². The number of rotatable bonds is 5. The maximum atomic E-state index is 13.0. The number of esters is 1. The largest absolute Gasteiger partial charge is 0.467 e.